The first kappa shape index (κ1) is 24.5. The number of rotatable bonds is 8. The minimum absolute atomic E-state index is 0.273. The second-order valence-electron chi connectivity index (χ2n) is 8.59. The molecule has 1 aromatic heterocycles. The molecule has 35 heavy (non-hydrogen) atoms. The second kappa shape index (κ2) is 9.92. The van der Waals surface area contributed by atoms with Gasteiger partial charge in [-0.05, 0) is 60.8 Å². The minimum atomic E-state index is -4.38. The number of carbonyl (C=O) groups is 1. The molecule has 0 fully saturated rings. The van der Waals surface area contributed by atoms with Crippen molar-refractivity contribution < 1.29 is 22.4 Å². The summed E-state index contributed by atoms with van der Waals surface area (Å²) in [4.78, 5) is 18.8. The molecule has 0 aliphatic carbocycles. The Morgan fingerprint density at radius 3 is 2.34 bits per heavy atom. The number of amides is 1. The van der Waals surface area contributed by atoms with E-state index in [1.165, 1.54) is 12.1 Å². The number of likely N-dealkylation sites (N-methyl/N-ethyl adjacent to an activating group) is 1. The van der Waals surface area contributed by atoms with E-state index in [1.54, 1.807) is 6.92 Å². The fourth-order valence-corrected chi connectivity index (χ4v) is 4.45. The predicted molar refractivity (Wildman–Crippen MR) is 127 cm³/mol. The summed E-state index contributed by atoms with van der Waals surface area (Å²) < 4.78 is 44.6. The van der Waals surface area contributed by atoms with Crippen LogP contribution in [0.25, 0.3) is 11.1 Å². The van der Waals surface area contributed by atoms with Gasteiger partial charge in [0.1, 0.15) is 11.6 Å². The van der Waals surface area contributed by atoms with E-state index in [2.05, 4.69) is 4.98 Å². The van der Waals surface area contributed by atoms with Gasteiger partial charge in [0.25, 0.3) is 0 Å². The quantitative estimate of drug-likeness (QED) is 0.336. The van der Waals surface area contributed by atoms with Crippen molar-refractivity contribution in [1.82, 2.24) is 9.88 Å². The zero-order valence-corrected chi connectivity index (χ0v) is 19.4. The zero-order valence-electron chi connectivity index (χ0n) is 19.4. The van der Waals surface area contributed by atoms with Gasteiger partial charge in [0, 0.05) is 13.0 Å². The summed E-state index contributed by atoms with van der Waals surface area (Å²) in [6.45, 7) is 1.77. The Balaban J connectivity index is 1.67. The highest BCUT2D eigenvalue weighted by Gasteiger charge is 2.31. The molecule has 2 atom stereocenters. The molecule has 0 saturated carbocycles. The molecular weight excluding hydrogens is 455 g/mol. The zero-order chi connectivity index (χ0) is 25.2. The Kier molecular flexibility index (Phi) is 6.93. The van der Waals surface area contributed by atoms with E-state index in [0.717, 1.165) is 34.3 Å². The summed E-state index contributed by atoms with van der Waals surface area (Å²) in [6.07, 6.45) is -3.34. The standard InChI is InChI=1S/C27H26F3N3O2/c1-17-32-22-14-11-20(16-24(22)35-17)23(15-10-18-8-12-21(13-9-18)27(28,29)30)33(2)25(26(31)34)19-6-4-3-5-7-19/h3-9,11-14,16,23,25H,10,15H2,1-2H3,(H2,31,34). The van der Waals surface area contributed by atoms with Crippen LogP contribution in [0.1, 0.15) is 46.6 Å². The number of benzene rings is 3. The van der Waals surface area contributed by atoms with E-state index in [-0.39, 0.29) is 6.04 Å². The summed E-state index contributed by atoms with van der Waals surface area (Å²) in [5.41, 5.74) is 8.92. The molecular formula is C27H26F3N3O2. The van der Waals surface area contributed by atoms with Crippen molar-refractivity contribution >= 4 is 17.0 Å². The maximum absolute atomic E-state index is 13.0. The largest absolute Gasteiger partial charge is 0.441 e. The molecule has 0 aliphatic heterocycles. The van der Waals surface area contributed by atoms with Gasteiger partial charge in [-0.1, -0.05) is 48.5 Å². The Labute approximate surface area is 201 Å². The summed E-state index contributed by atoms with van der Waals surface area (Å²) >= 11 is 0. The lowest BCUT2D eigenvalue weighted by atomic mass is 9.94. The van der Waals surface area contributed by atoms with E-state index < -0.39 is 23.7 Å². The van der Waals surface area contributed by atoms with E-state index in [1.807, 2.05) is 60.5 Å². The number of carbonyl (C=O) groups excluding carboxylic acids is 1. The Hall–Kier alpha value is -3.65. The topological polar surface area (TPSA) is 72.4 Å². The molecule has 0 aliphatic rings. The van der Waals surface area contributed by atoms with Crippen LogP contribution in [-0.4, -0.2) is 22.8 Å². The molecule has 8 heteroatoms. The molecule has 182 valence electrons. The maximum atomic E-state index is 13.0. The second-order valence-corrected chi connectivity index (χ2v) is 8.59. The summed E-state index contributed by atoms with van der Waals surface area (Å²) in [6, 6.07) is 19.1. The highest BCUT2D eigenvalue weighted by molar-refractivity contribution is 5.81. The van der Waals surface area contributed by atoms with Crippen LogP contribution in [0, 0.1) is 6.92 Å². The van der Waals surface area contributed by atoms with Gasteiger partial charge in [-0.15, -0.1) is 0 Å². The van der Waals surface area contributed by atoms with Crippen molar-refractivity contribution in [3.63, 3.8) is 0 Å². The van der Waals surface area contributed by atoms with E-state index in [9.17, 15) is 18.0 Å². The average Bonchev–Trinajstić information content (AvgIpc) is 3.19. The van der Waals surface area contributed by atoms with Crippen molar-refractivity contribution in [3.05, 3.63) is 101 Å². The van der Waals surface area contributed by atoms with Gasteiger partial charge in [0.15, 0.2) is 11.5 Å². The van der Waals surface area contributed by atoms with Gasteiger partial charge >= 0.3 is 6.18 Å². The first-order chi connectivity index (χ1) is 16.6. The number of hydrogen-bond donors (Lipinski definition) is 1. The highest BCUT2D eigenvalue weighted by Crippen LogP contribution is 2.35. The Morgan fingerprint density at radius 2 is 1.71 bits per heavy atom. The lowest BCUT2D eigenvalue weighted by Gasteiger charge is -2.34. The molecule has 0 spiro atoms. The number of aromatic nitrogens is 1. The predicted octanol–water partition coefficient (Wildman–Crippen LogP) is 5.99. The number of halogens is 3. The molecule has 0 bridgehead atoms. The van der Waals surface area contributed by atoms with Gasteiger partial charge in [-0.3, -0.25) is 9.69 Å². The van der Waals surface area contributed by atoms with Crippen LogP contribution in [0.5, 0.6) is 0 Å². The third-order valence-corrected chi connectivity index (χ3v) is 6.18. The number of oxazole rings is 1. The van der Waals surface area contributed by atoms with Crippen LogP contribution in [0.15, 0.2) is 77.2 Å². The number of primary amides is 1. The van der Waals surface area contributed by atoms with Gasteiger partial charge in [-0.25, -0.2) is 4.98 Å². The van der Waals surface area contributed by atoms with Gasteiger partial charge in [-0.2, -0.15) is 13.2 Å². The van der Waals surface area contributed by atoms with Crippen LogP contribution in [-0.2, 0) is 17.4 Å². The van der Waals surface area contributed by atoms with Crippen LogP contribution in [0.4, 0.5) is 13.2 Å². The van der Waals surface area contributed by atoms with Crippen molar-refractivity contribution in [3.8, 4) is 0 Å². The number of hydrogen-bond acceptors (Lipinski definition) is 4. The molecule has 4 rings (SSSR count). The fraction of sp³-hybridized carbons (Fsp3) is 0.259. The van der Waals surface area contributed by atoms with Gasteiger partial charge in [0.2, 0.25) is 5.91 Å². The fourth-order valence-electron chi connectivity index (χ4n) is 4.45. The highest BCUT2D eigenvalue weighted by atomic mass is 19.4. The average molecular weight is 482 g/mol. The molecule has 2 N–H and O–H groups in total. The molecule has 2 unspecified atom stereocenters. The van der Waals surface area contributed by atoms with E-state index >= 15 is 0 Å². The molecule has 3 aromatic carbocycles. The molecule has 5 nitrogen and oxygen atoms in total. The maximum Gasteiger partial charge on any atom is 0.416 e. The van der Waals surface area contributed by atoms with Crippen LogP contribution < -0.4 is 5.73 Å². The third kappa shape index (κ3) is 5.54. The number of nitrogens with two attached hydrogens (primary N) is 1. The van der Waals surface area contributed by atoms with Gasteiger partial charge in [0.05, 0.1) is 5.56 Å². The third-order valence-electron chi connectivity index (χ3n) is 6.18. The van der Waals surface area contributed by atoms with Crippen LogP contribution >= 0.6 is 0 Å². The summed E-state index contributed by atoms with van der Waals surface area (Å²) in [5.74, 6) is 0.0564. The summed E-state index contributed by atoms with van der Waals surface area (Å²) in [7, 11) is 1.83. The number of fused-ring (bicyclic) bond motifs is 1. The van der Waals surface area contributed by atoms with E-state index in [4.69, 9.17) is 10.2 Å². The molecule has 0 saturated heterocycles. The summed E-state index contributed by atoms with van der Waals surface area (Å²) in [5, 5.41) is 0. The smallest absolute Gasteiger partial charge is 0.416 e. The molecule has 1 amide bonds. The van der Waals surface area contributed by atoms with Crippen molar-refractivity contribution in [2.24, 2.45) is 5.73 Å². The Bertz CT molecular complexity index is 1300. The van der Waals surface area contributed by atoms with Crippen molar-refractivity contribution in [1.29, 1.82) is 0 Å². The Morgan fingerprint density at radius 1 is 1.03 bits per heavy atom. The SMILES string of the molecule is Cc1nc2ccc(C(CCc3ccc(C(F)(F)F)cc3)N(C)C(C(N)=O)c3ccccc3)cc2o1. The lowest BCUT2D eigenvalue weighted by Crippen LogP contribution is -2.38. The number of nitrogens with zero attached hydrogens (tertiary/aromatic N) is 2. The first-order valence-corrected chi connectivity index (χ1v) is 11.2. The molecule has 1 heterocycles. The minimum Gasteiger partial charge on any atom is -0.441 e. The van der Waals surface area contributed by atoms with Gasteiger partial charge < -0.3 is 10.2 Å². The number of aryl methyl sites for hydroxylation is 2. The van der Waals surface area contributed by atoms with Crippen LogP contribution in [0.3, 0.4) is 0 Å². The molecule has 4 aromatic rings. The van der Waals surface area contributed by atoms with E-state index in [0.29, 0.717) is 24.3 Å². The normalized spacial score (nSPS) is 13.8. The monoisotopic (exact) mass is 481 g/mol. The first-order valence-electron chi connectivity index (χ1n) is 11.2. The number of alkyl halides is 3. The van der Waals surface area contributed by atoms with Crippen molar-refractivity contribution in [2.45, 2.75) is 38.0 Å². The van der Waals surface area contributed by atoms with Crippen LogP contribution in [0.2, 0.25) is 0 Å². The lowest BCUT2D eigenvalue weighted by molar-refractivity contribution is -0.137. The molecule has 0 radical (unpaired) electrons. The van der Waals surface area contributed by atoms with Crippen molar-refractivity contribution in [2.75, 3.05) is 7.05 Å².